The molecule has 1 atom stereocenters. The summed E-state index contributed by atoms with van der Waals surface area (Å²) < 4.78 is 0. The molecule has 0 heterocycles. The monoisotopic (exact) mass is 177 g/mol. The summed E-state index contributed by atoms with van der Waals surface area (Å²) in [6.45, 7) is 4.12. The maximum absolute atomic E-state index is 10.3. The highest BCUT2D eigenvalue weighted by Gasteiger charge is 2.08. The van der Waals surface area contributed by atoms with Crippen molar-refractivity contribution in [2.24, 2.45) is 0 Å². The van der Waals surface area contributed by atoms with E-state index in [9.17, 15) is 4.79 Å². The fraction of sp³-hybridized carbons (Fsp3) is 0.364. The van der Waals surface area contributed by atoms with Gasteiger partial charge in [0, 0.05) is 0 Å². The van der Waals surface area contributed by atoms with Crippen molar-refractivity contribution >= 4 is 6.41 Å². The minimum absolute atomic E-state index is 0.152. The fourth-order valence-corrected chi connectivity index (χ4v) is 1.49. The Morgan fingerprint density at radius 3 is 2.69 bits per heavy atom. The van der Waals surface area contributed by atoms with Gasteiger partial charge in [-0.05, 0) is 24.5 Å². The summed E-state index contributed by atoms with van der Waals surface area (Å²) in [5, 5.41) is 2.81. The van der Waals surface area contributed by atoms with Gasteiger partial charge in [0.25, 0.3) is 0 Å². The Hall–Kier alpha value is -1.31. The Morgan fingerprint density at radius 2 is 2.15 bits per heavy atom. The quantitative estimate of drug-likeness (QED) is 0.702. The fourth-order valence-electron chi connectivity index (χ4n) is 1.49. The number of nitrogens with one attached hydrogen (secondary N) is 1. The zero-order chi connectivity index (χ0) is 9.68. The number of amides is 1. The smallest absolute Gasteiger partial charge is 0.207 e. The van der Waals surface area contributed by atoms with Gasteiger partial charge in [0.05, 0.1) is 6.04 Å². The van der Waals surface area contributed by atoms with Crippen LogP contribution < -0.4 is 5.32 Å². The first-order chi connectivity index (χ1) is 6.29. The van der Waals surface area contributed by atoms with Crippen LogP contribution in [-0.2, 0) is 4.79 Å². The molecule has 1 aromatic carbocycles. The molecule has 1 amide bonds. The summed E-state index contributed by atoms with van der Waals surface area (Å²) in [7, 11) is 0. The molecule has 0 aliphatic heterocycles. The molecule has 1 aromatic rings. The predicted molar refractivity (Wildman–Crippen MR) is 53.4 cm³/mol. The number of carbonyl (C=O) groups excluding carboxylic acids is 1. The van der Waals surface area contributed by atoms with Gasteiger partial charge in [0.15, 0.2) is 0 Å². The minimum atomic E-state index is 0.152. The average Bonchev–Trinajstić information content (AvgIpc) is 2.16. The molecule has 0 saturated carbocycles. The first-order valence-corrected chi connectivity index (χ1v) is 4.54. The number of aryl methyl sites for hydroxylation is 1. The van der Waals surface area contributed by atoms with Gasteiger partial charge in [-0.3, -0.25) is 4.79 Å². The van der Waals surface area contributed by atoms with E-state index in [1.165, 1.54) is 11.1 Å². The molecular formula is C11H15NO. The number of rotatable bonds is 4. The van der Waals surface area contributed by atoms with E-state index in [2.05, 4.69) is 31.3 Å². The maximum Gasteiger partial charge on any atom is 0.207 e. The highest BCUT2D eigenvalue weighted by atomic mass is 16.1. The molecule has 0 bridgehead atoms. The first-order valence-electron chi connectivity index (χ1n) is 4.54. The van der Waals surface area contributed by atoms with Crippen molar-refractivity contribution in [1.29, 1.82) is 0 Å². The first kappa shape index (κ1) is 9.78. The van der Waals surface area contributed by atoms with E-state index in [-0.39, 0.29) is 6.04 Å². The largest absolute Gasteiger partial charge is 0.352 e. The normalized spacial score (nSPS) is 12.2. The van der Waals surface area contributed by atoms with Crippen LogP contribution >= 0.6 is 0 Å². The predicted octanol–water partition coefficient (Wildman–Crippen LogP) is 2.19. The van der Waals surface area contributed by atoms with Gasteiger partial charge in [-0.25, -0.2) is 0 Å². The minimum Gasteiger partial charge on any atom is -0.352 e. The van der Waals surface area contributed by atoms with Crippen LogP contribution in [-0.4, -0.2) is 6.41 Å². The molecular weight excluding hydrogens is 162 g/mol. The Balaban J connectivity index is 2.90. The Kier molecular flexibility index (Phi) is 3.50. The van der Waals surface area contributed by atoms with Crippen molar-refractivity contribution in [3.8, 4) is 0 Å². The lowest BCUT2D eigenvalue weighted by molar-refractivity contribution is -0.110. The molecule has 1 N–H and O–H groups in total. The third-order valence-electron chi connectivity index (χ3n) is 2.24. The van der Waals surface area contributed by atoms with Gasteiger partial charge in [-0.2, -0.15) is 0 Å². The van der Waals surface area contributed by atoms with Gasteiger partial charge < -0.3 is 5.32 Å². The van der Waals surface area contributed by atoms with Gasteiger partial charge in [-0.1, -0.05) is 31.2 Å². The van der Waals surface area contributed by atoms with E-state index in [0.717, 1.165) is 12.8 Å². The van der Waals surface area contributed by atoms with Gasteiger partial charge in [0.1, 0.15) is 0 Å². The molecule has 13 heavy (non-hydrogen) atoms. The summed E-state index contributed by atoms with van der Waals surface area (Å²) >= 11 is 0. The van der Waals surface area contributed by atoms with Crippen molar-refractivity contribution in [3.05, 3.63) is 35.4 Å². The van der Waals surface area contributed by atoms with Crippen molar-refractivity contribution in [3.63, 3.8) is 0 Å². The Labute approximate surface area is 79.0 Å². The lowest BCUT2D eigenvalue weighted by Crippen LogP contribution is -2.19. The number of hydrogen-bond acceptors (Lipinski definition) is 1. The molecule has 0 aliphatic carbocycles. The Morgan fingerprint density at radius 1 is 1.46 bits per heavy atom. The lowest BCUT2D eigenvalue weighted by atomic mass is 10.00. The van der Waals surface area contributed by atoms with Crippen LogP contribution in [0, 0.1) is 6.92 Å². The second-order valence-corrected chi connectivity index (χ2v) is 3.10. The Bertz CT molecular complexity index is 283. The van der Waals surface area contributed by atoms with Crippen LogP contribution in [0.15, 0.2) is 24.3 Å². The van der Waals surface area contributed by atoms with E-state index in [1.54, 1.807) is 0 Å². The third-order valence-corrected chi connectivity index (χ3v) is 2.24. The lowest BCUT2D eigenvalue weighted by Gasteiger charge is -2.16. The summed E-state index contributed by atoms with van der Waals surface area (Å²) in [5.74, 6) is 0. The molecule has 0 aliphatic rings. The van der Waals surface area contributed by atoms with Crippen molar-refractivity contribution < 1.29 is 4.79 Å². The molecule has 1 rings (SSSR count). The topological polar surface area (TPSA) is 29.1 Å². The molecule has 0 radical (unpaired) electrons. The molecule has 0 saturated heterocycles. The molecule has 2 nitrogen and oxygen atoms in total. The molecule has 0 fully saturated rings. The summed E-state index contributed by atoms with van der Waals surface area (Å²) in [5.41, 5.74) is 2.43. The molecule has 2 heteroatoms. The SMILES string of the molecule is CCC(NC=O)c1ccccc1C. The van der Waals surface area contributed by atoms with E-state index in [0.29, 0.717) is 0 Å². The molecule has 1 unspecified atom stereocenters. The molecule has 0 spiro atoms. The van der Waals surface area contributed by atoms with Crippen LogP contribution in [0.1, 0.15) is 30.5 Å². The average molecular weight is 177 g/mol. The second-order valence-electron chi connectivity index (χ2n) is 3.10. The van der Waals surface area contributed by atoms with Crippen LogP contribution in [0.3, 0.4) is 0 Å². The second kappa shape index (κ2) is 4.65. The van der Waals surface area contributed by atoms with E-state index in [4.69, 9.17) is 0 Å². The van der Waals surface area contributed by atoms with Crippen molar-refractivity contribution in [2.75, 3.05) is 0 Å². The number of hydrogen-bond donors (Lipinski definition) is 1. The summed E-state index contributed by atoms with van der Waals surface area (Å²) in [6.07, 6.45) is 1.68. The zero-order valence-electron chi connectivity index (χ0n) is 8.08. The van der Waals surface area contributed by atoms with Crippen LogP contribution in [0.25, 0.3) is 0 Å². The van der Waals surface area contributed by atoms with Crippen LogP contribution in [0.4, 0.5) is 0 Å². The highest BCUT2D eigenvalue weighted by molar-refractivity contribution is 5.48. The molecule has 70 valence electrons. The zero-order valence-corrected chi connectivity index (χ0v) is 8.08. The third kappa shape index (κ3) is 2.31. The number of benzene rings is 1. The summed E-state index contributed by atoms with van der Waals surface area (Å²) in [6, 6.07) is 8.27. The highest BCUT2D eigenvalue weighted by Crippen LogP contribution is 2.19. The molecule has 0 aromatic heterocycles. The van der Waals surface area contributed by atoms with Crippen LogP contribution in [0.5, 0.6) is 0 Å². The van der Waals surface area contributed by atoms with Crippen LogP contribution in [0.2, 0.25) is 0 Å². The van der Waals surface area contributed by atoms with Crippen molar-refractivity contribution in [1.82, 2.24) is 5.32 Å². The number of carbonyl (C=O) groups is 1. The maximum atomic E-state index is 10.3. The van der Waals surface area contributed by atoms with Gasteiger partial charge in [0.2, 0.25) is 6.41 Å². The summed E-state index contributed by atoms with van der Waals surface area (Å²) in [4.78, 5) is 10.3. The van der Waals surface area contributed by atoms with E-state index < -0.39 is 0 Å². The van der Waals surface area contributed by atoms with Gasteiger partial charge >= 0.3 is 0 Å². The van der Waals surface area contributed by atoms with Crippen molar-refractivity contribution in [2.45, 2.75) is 26.3 Å². The standard InChI is InChI=1S/C11H15NO/c1-3-11(12-8-13)10-7-5-4-6-9(10)2/h4-8,11H,3H2,1-2H3,(H,12,13). The van der Waals surface area contributed by atoms with E-state index >= 15 is 0 Å². The van der Waals surface area contributed by atoms with E-state index in [1.807, 2.05) is 12.1 Å². The van der Waals surface area contributed by atoms with Gasteiger partial charge in [-0.15, -0.1) is 0 Å².